The van der Waals surface area contributed by atoms with Crippen molar-refractivity contribution in [2.75, 3.05) is 19.6 Å². The van der Waals surface area contributed by atoms with E-state index in [0.29, 0.717) is 35.0 Å². The number of hydrogen-bond acceptors (Lipinski definition) is 3. The average molecular weight is 355 g/mol. The first-order chi connectivity index (χ1) is 12.6. The molecule has 2 aliphatic heterocycles. The molecule has 0 spiro atoms. The zero-order valence-electron chi connectivity index (χ0n) is 15.3. The van der Waals surface area contributed by atoms with Crippen molar-refractivity contribution in [3.8, 4) is 0 Å². The molecule has 138 valence electrons. The summed E-state index contributed by atoms with van der Waals surface area (Å²) in [5.41, 5.74) is 1.95. The van der Waals surface area contributed by atoms with Gasteiger partial charge in [0.25, 0.3) is 5.91 Å². The van der Waals surface area contributed by atoms with Gasteiger partial charge in [0.05, 0.1) is 11.1 Å². The van der Waals surface area contributed by atoms with Crippen LogP contribution in [-0.2, 0) is 0 Å². The summed E-state index contributed by atoms with van der Waals surface area (Å²) in [5.74, 6) is 0.0419. The fourth-order valence-corrected chi connectivity index (χ4v) is 4.65. The smallest absolute Gasteiger partial charge is 0.252 e. The van der Waals surface area contributed by atoms with Gasteiger partial charge in [0, 0.05) is 23.7 Å². The summed E-state index contributed by atoms with van der Waals surface area (Å²) in [5, 5.41) is 3.70. The Morgan fingerprint density at radius 2 is 2.08 bits per heavy atom. The second-order valence-electron chi connectivity index (χ2n) is 7.68. The molecule has 3 heterocycles. The number of amides is 1. The van der Waals surface area contributed by atoms with Gasteiger partial charge in [-0.05, 0) is 75.9 Å². The molecular formula is C21H26FN3O. The van der Waals surface area contributed by atoms with E-state index in [4.69, 9.17) is 0 Å². The molecule has 2 saturated heterocycles. The first kappa shape index (κ1) is 17.4. The quantitative estimate of drug-likeness (QED) is 0.914. The number of fused-ring (bicyclic) bond motifs is 2. The zero-order valence-corrected chi connectivity index (χ0v) is 15.3. The third-order valence-electron chi connectivity index (χ3n) is 5.90. The Morgan fingerprint density at radius 3 is 2.96 bits per heavy atom. The Hall–Kier alpha value is -2.01. The summed E-state index contributed by atoms with van der Waals surface area (Å²) < 4.78 is 13.7. The summed E-state index contributed by atoms with van der Waals surface area (Å²) in [6.07, 6.45) is 6.21. The van der Waals surface area contributed by atoms with Gasteiger partial charge >= 0.3 is 0 Å². The van der Waals surface area contributed by atoms with Crippen LogP contribution in [0.2, 0.25) is 0 Å². The van der Waals surface area contributed by atoms with Crippen LogP contribution in [0.25, 0.3) is 10.9 Å². The molecule has 0 radical (unpaired) electrons. The molecule has 4 rings (SSSR count). The van der Waals surface area contributed by atoms with E-state index in [9.17, 15) is 9.18 Å². The Bertz CT molecular complexity index is 820. The van der Waals surface area contributed by atoms with Crippen molar-refractivity contribution in [1.82, 2.24) is 15.2 Å². The number of carbonyl (C=O) groups excluding carboxylic acids is 1. The predicted octanol–water partition coefficient (Wildman–Crippen LogP) is 3.68. The normalized spacial score (nSPS) is 23.6. The molecule has 4 nitrogen and oxygen atoms in total. The number of pyridine rings is 1. The third kappa shape index (κ3) is 3.45. The first-order valence-electron chi connectivity index (χ1n) is 9.71. The van der Waals surface area contributed by atoms with Gasteiger partial charge in [-0.2, -0.15) is 0 Å². The Labute approximate surface area is 153 Å². The third-order valence-corrected chi connectivity index (χ3v) is 5.90. The zero-order chi connectivity index (χ0) is 18.1. The lowest BCUT2D eigenvalue weighted by atomic mass is 9.83. The standard InChI is InChI=1S/C21H26FN3O/c1-14-11-18(17-12-16(22)7-8-19(17)24-14)21(26)23-13-15-5-4-10-25-9-3-2-6-20(15)25/h7-8,11-12,15,20H,2-6,9-10,13H2,1H3,(H,23,26)/t15-,20+/m0/s1. The van der Waals surface area contributed by atoms with Gasteiger partial charge < -0.3 is 10.2 Å². The van der Waals surface area contributed by atoms with E-state index in [2.05, 4.69) is 15.2 Å². The van der Waals surface area contributed by atoms with Crippen molar-refractivity contribution in [2.45, 2.75) is 45.1 Å². The average Bonchev–Trinajstić information content (AvgIpc) is 2.65. The molecule has 26 heavy (non-hydrogen) atoms. The van der Waals surface area contributed by atoms with Gasteiger partial charge in [0.2, 0.25) is 0 Å². The molecule has 1 amide bonds. The molecule has 0 aliphatic carbocycles. The van der Waals surface area contributed by atoms with Crippen molar-refractivity contribution in [3.05, 3.63) is 41.3 Å². The van der Waals surface area contributed by atoms with Gasteiger partial charge in [-0.25, -0.2) is 4.39 Å². The predicted molar refractivity (Wildman–Crippen MR) is 101 cm³/mol. The van der Waals surface area contributed by atoms with Crippen molar-refractivity contribution in [1.29, 1.82) is 0 Å². The van der Waals surface area contributed by atoms with Crippen LogP contribution in [0, 0.1) is 18.7 Å². The molecule has 2 aromatic rings. The Kier molecular flexibility index (Phi) is 4.90. The fourth-order valence-electron chi connectivity index (χ4n) is 4.65. The monoisotopic (exact) mass is 355 g/mol. The van der Waals surface area contributed by atoms with Gasteiger partial charge in [-0.1, -0.05) is 6.42 Å². The summed E-state index contributed by atoms with van der Waals surface area (Å²) >= 11 is 0. The van der Waals surface area contributed by atoms with Crippen LogP contribution in [0.4, 0.5) is 4.39 Å². The van der Waals surface area contributed by atoms with E-state index in [1.807, 2.05) is 6.92 Å². The summed E-state index contributed by atoms with van der Waals surface area (Å²) in [4.78, 5) is 19.9. The number of hydrogen-bond donors (Lipinski definition) is 1. The molecule has 0 unspecified atom stereocenters. The summed E-state index contributed by atoms with van der Waals surface area (Å²) in [6, 6.07) is 6.78. The summed E-state index contributed by atoms with van der Waals surface area (Å²) in [7, 11) is 0. The molecule has 1 N–H and O–H groups in total. The van der Waals surface area contributed by atoms with E-state index in [-0.39, 0.29) is 11.7 Å². The second kappa shape index (κ2) is 7.31. The number of nitrogens with one attached hydrogen (secondary N) is 1. The molecule has 2 atom stereocenters. The number of piperidine rings is 2. The van der Waals surface area contributed by atoms with Crippen LogP contribution in [0.15, 0.2) is 24.3 Å². The maximum atomic E-state index is 13.7. The van der Waals surface area contributed by atoms with E-state index < -0.39 is 0 Å². The lowest BCUT2D eigenvalue weighted by molar-refractivity contribution is 0.0576. The molecular weight excluding hydrogens is 329 g/mol. The van der Waals surface area contributed by atoms with E-state index in [0.717, 1.165) is 5.69 Å². The van der Waals surface area contributed by atoms with Gasteiger partial charge in [0.1, 0.15) is 5.82 Å². The molecule has 1 aromatic heterocycles. The molecule has 0 saturated carbocycles. The molecule has 5 heteroatoms. The number of aryl methyl sites for hydroxylation is 1. The minimum Gasteiger partial charge on any atom is -0.352 e. The van der Waals surface area contributed by atoms with Gasteiger partial charge in [-0.15, -0.1) is 0 Å². The number of rotatable bonds is 3. The Morgan fingerprint density at radius 1 is 1.23 bits per heavy atom. The maximum Gasteiger partial charge on any atom is 0.252 e. The summed E-state index contributed by atoms with van der Waals surface area (Å²) in [6.45, 7) is 4.95. The first-order valence-corrected chi connectivity index (χ1v) is 9.71. The van der Waals surface area contributed by atoms with E-state index in [1.165, 1.54) is 57.3 Å². The van der Waals surface area contributed by atoms with Crippen molar-refractivity contribution in [2.24, 2.45) is 5.92 Å². The lowest BCUT2D eigenvalue weighted by Gasteiger charge is -2.44. The Balaban J connectivity index is 1.51. The highest BCUT2D eigenvalue weighted by molar-refractivity contribution is 6.06. The lowest BCUT2D eigenvalue weighted by Crippen LogP contribution is -2.51. The van der Waals surface area contributed by atoms with Crippen LogP contribution < -0.4 is 5.32 Å². The van der Waals surface area contributed by atoms with Crippen LogP contribution in [0.3, 0.4) is 0 Å². The van der Waals surface area contributed by atoms with Crippen molar-refractivity contribution >= 4 is 16.8 Å². The molecule has 2 aliphatic rings. The highest BCUT2D eigenvalue weighted by Gasteiger charge is 2.33. The molecule has 0 bridgehead atoms. The molecule has 2 fully saturated rings. The number of nitrogens with zero attached hydrogens (tertiary/aromatic N) is 2. The maximum absolute atomic E-state index is 13.7. The molecule has 1 aromatic carbocycles. The minimum atomic E-state index is -0.345. The number of aromatic nitrogens is 1. The van der Waals surface area contributed by atoms with Crippen LogP contribution in [0.5, 0.6) is 0 Å². The second-order valence-corrected chi connectivity index (χ2v) is 7.68. The van der Waals surface area contributed by atoms with Crippen LogP contribution in [-0.4, -0.2) is 41.5 Å². The minimum absolute atomic E-state index is 0.126. The van der Waals surface area contributed by atoms with Crippen molar-refractivity contribution in [3.63, 3.8) is 0 Å². The van der Waals surface area contributed by atoms with E-state index >= 15 is 0 Å². The number of benzene rings is 1. The van der Waals surface area contributed by atoms with Crippen LogP contribution in [0.1, 0.15) is 48.2 Å². The van der Waals surface area contributed by atoms with Gasteiger partial charge in [-0.3, -0.25) is 9.78 Å². The van der Waals surface area contributed by atoms with Crippen molar-refractivity contribution < 1.29 is 9.18 Å². The number of halogens is 1. The highest BCUT2D eigenvalue weighted by Crippen LogP contribution is 2.30. The highest BCUT2D eigenvalue weighted by atomic mass is 19.1. The topological polar surface area (TPSA) is 45.2 Å². The van der Waals surface area contributed by atoms with Crippen LogP contribution >= 0.6 is 0 Å². The number of carbonyl (C=O) groups is 1. The fraction of sp³-hybridized carbons (Fsp3) is 0.524. The van der Waals surface area contributed by atoms with Gasteiger partial charge in [0.15, 0.2) is 0 Å². The largest absolute Gasteiger partial charge is 0.352 e. The van der Waals surface area contributed by atoms with E-state index in [1.54, 1.807) is 12.1 Å². The SMILES string of the molecule is Cc1cc(C(=O)NC[C@@H]2CCCN3CCCC[C@H]23)c2cc(F)ccc2n1.